The number of benzene rings is 3. The van der Waals surface area contributed by atoms with Crippen LogP contribution in [-0.4, -0.2) is 53.4 Å². The van der Waals surface area contributed by atoms with Gasteiger partial charge in [0.25, 0.3) is 0 Å². The minimum Gasteiger partial charge on any atom is -0.391 e. The maximum absolute atomic E-state index is 10.1. The highest BCUT2D eigenvalue weighted by Crippen LogP contribution is 2.30. The molecule has 1 aliphatic rings. The van der Waals surface area contributed by atoms with Crippen LogP contribution in [0.5, 0.6) is 0 Å². The van der Waals surface area contributed by atoms with Gasteiger partial charge in [0.2, 0.25) is 0 Å². The van der Waals surface area contributed by atoms with Gasteiger partial charge in [0.1, 0.15) is 12.2 Å². The molecule has 0 saturated carbocycles. The molecule has 0 aromatic heterocycles. The molecular formula is C33H42O6. The Morgan fingerprint density at radius 2 is 1.31 bits per heavy atom. The quantitative estimate of drug-likeness (QED) is 0.270. The van der Waals surface area contributed by atoms with E-state index in [-0.39, 0.29) is 24.4 Å². The molecular weight excluding hydrogens is 492 g/mol. The van der Waals surface area contributed by atoms with E-state index in [0.29, 0.717) is 39.3 Å². The molecule has 2 N–H and O–H groups in total. The first-order valence-corrected chi connectivity index (χ1v) is 14.0. The average molecular weight is 535 g/mol. The first-order chi connectivity index (χ1) is 19.1. The number of aliphatic hydroxyl groups is 2. The predicted molar refractivity (Wildman–Crippen MR) is 151 cm³/mol. The maximum atomic E-state index is 10.1. The van der Waals surface area contributed by atoms with Crippen LogP contribution in [0.2, 0.25) is 0 Å². The minimum atomic E-state index is -0.742. The topological polar surface area (TPSA) is 77.4 Å². The summed E-state index contributed by atoms with van der Waals surface area (Å²) in [6.45, 7) is 3.44. The van der Waals surface area contributed by atoms with E-state index in [1.54, 1.807) is 6.92 Å². The van der Waals surface area contributed by atoms with E-state index in [1.807, 2.05) is 66.7 Å². The van der Waals surface area contributed by atoms with Gasteiger partial charge in [0.15, 0.2) is 0 Å². The third-order valence-corrected chi connectivity index (χ3v) is 7.16. The molecule has 39 heavy (non-hydrogen) atoms. The number of ether oxygens (including phenoxy) is 4. The van der Waals surface area contributed by atoms with Crippen LogP contribution >= 0.6 is 0 Å². The summed E-state index contributed by atoms with van der Waals surface area (Å²) in [5.74, 6) is 0. The highest BCUT2D eigenvalue weighted by molar-refractivity contribution is 5.15. The largest absolute Gasteiger partial charge is 0.391 e. The summed E-state index contributed by atoms with van der Waals surface area (Å²) < 4.78 is 25.7. The van der Waals surface area contributed by atoms with Crippen molar-refractivity contribution in [3.8, 4) is 0 Å². The summed E-state index contributed by atoms with van der Waals surface area (Å²) in [7, 11) is 0. The number of rotatable bonds is 15. The van der Waals surface area contributed by atoms with E-state index in [4.69, 9.17) is 18.9 Å². The summed E-state index contributed by atoms with van der Waals surface area (Å²) >= 11 is 0. The lowest BCUT2D eigenvalue weighted by Gasteiger charge is -2.42. The first kappa shape index (κ1) is 29.4. The molecule has 1 fully saturated rings. The fourth-order valence-electron chi connectivity index (χ4n) is 4.92. The number of aliphatic hydroxyl groups excluding tert-OH is 2. The number of hydrogen-bond donors (Lipinski definition) is 2. The van der Waals surface area contributed by atoms with Crippen LogP contribution in [-0.2, 0) is 38.8 Å². The lowest BCUT2D eigenvalue weighted by atomic mass is 9.94. The smallest absolute Gasteiger partial charge is 0.113 e. The maximum Gasteiger partial charge on any atom is 0.113 e. The molecule has 6 heteroatoms. The van der Waals surface area contributed by atoms with Crippen LogP contribution in [0.3, 0.4) is 0 Å². The van der Waals surface area contributed by atoms with Crippen molar-refractivity contribution < 1.29 is 29.2 Å². The molecule has 0 bridgehead atoms. The van der Waals surface area contributed by atoms with Crippen molar-refractivity contribution in [2.75, 3.05) is 6.61 Å². The zero-order chi connectivity index (χ0) is 27.3. The second-order valence-electron chi connectivity index (χ2n) is 10.4. The van der Waals surface area contributed by atoms with Crippen LogP contribution in [0.4, 0.5) is 0 Å². The molecule has 0 radical (unpaired) electrons. The fraction of sp³-hybridized carbons (Fsp3) is 0.455. The SMILES string of the molecule is CC(O)C(O)CCCC1CC(OCc2ccccc2)C(OCc2ccccc2)C(COCc2ccccc2)O1. The molecule has 3 aromatic carbocycles. The molecule has 1 heterocycles. The second kappa shape index (κ2) is 15.9. The van der Waals surface area contributed by atoms with E-state index in [1.165, 1.54) is 0 Å². The van der Waals surface area contributed by atoms with E-state index in [2.05, 4.69) is 24.3 Å². The third-order valence-electron chi connectivity index (χ3n) is 7.16. The monoisotopic (exact) mass is 534 g/mol. The van der Waals surface area contributed by atoms with Crippen LogP contribution in [0.15, 0.2) is 91.0 Å². The van der Waals surface area contributed by atoms with Crippen LogP contribution in [0.1, 0.15) is 49.3 Å². The van der Waals surface area contributed by atoms with Crippen LogP contribution in [0, 0.1) is 0 Å². The molecule has 4 rings (SSSR count). The molecule has 6 nitrogen and oxygen atoms in total. The average Bonchev–Trinajstić information content (AvgIpc) is 2.97. The fourth-order valence-corrected chi connectivity index (χ4v) is 4.92. The zero-order valence-corrected chi connectivity index (χ0v) is 22.8. The Balaban J connectivity index is 1.46. The molecule has 6 unspecified atom stereocenters. The lowest BCUT2D eigenvalue weighted by molar-refractivity contribution is -0.221. The Morgan fingerprint density at radius 3 is 1.87 bits per heavy atom. The highest BCUT2D eigenvalue weighted by Gasteiger charge is 2.40. The van der Waals surface area contributed by atoms with Crippen LogP contribution < -0.4 is 0 Å². The molecule has 1 saturated heterocycles. The van der Waals surface area contributed by atoms with Crippen molar-refractivity contribution in [3.63, 3.8) is 0 Å². The van der Waals surface area contributed by atoms with E-state index < -0.39 is 12.2 Å². The second-order valence-corrected chi connectivity index (χ2v) is 10.4. The number of hydrogen-bond acceptors (Lipinski definition) is 6. The van der Waals surface area contributed by atoms with Crippen molar-refractivity contribution in [1.82, 2.24) is 0 Å². The zero-order valence-electron chi connectivity index (χ0n) is 22.8. The molecule has 0 spiro atoms. The summed E-state index contributed by atoms with van der Waals surface area (Å²) in [5.41, 5.74) is 3.31. The molecule has 1 aliphatic heterocycles. The van der Waals surface area contributed by atoms with E-state index in [9.17, 15) is 10.2 Å². The van der Waals surface area contributed by atoms with Gasteiger partial charge in [-0.1, -0.05) is 91.0 Å². The van der Waals surface area contributed by atoms with E-state index >= 15 is 0 Å². The van der Waals surface area contributed by atoms with Crippen molar-refractivity contribution in [2.45, 2.75) is 89.1 Å². The van der Waals surface area contributed by atoms with E-state index in [0.717, 1.165) is 29.5 Å². The Kier molecular flexibility index (Phi) is 12.0. The third kappa shape index (κ3) is 9.84. The van der Waals surface area contributed by atoms with Gasteiger partial charge in [-0.15, -0.1) is 0 Å². The van der Waals surface area contributed by atoms with Gasteiger partial charge in [-0.05, 0) is 42.9 Å². The lowest BCUT2D eigenvalue weighted by Crippen LogP contribution is -2.52. The van der Waals surface area contributed by atoms with Gasteiger partial charge in [-0.2, -0.15) is 0 Å². The predicted octanol–water partition coefficient (Wildman–Crippen LogP) is 5.44. The first-order valence-electron chi connectivity index (χ1n) is 14.0. The standard InChI is InChI=1S/C33H42O6/c1-25(34)30(35)19-11-18-29-20-31(37-22-27-14-7-3-8-15-27)33(38-23-28-16-9-4-10-17-28)32(39-29)24-36-21-26-12-5-2-6-13-26/h2-10,12-17,25,29-35H,11,18-24H2,1H3. The van der Waals surface area contributed by atoms with Gasteiger partial charge in [0, 0.05) is 6.42 Å². The van der Waals surface area contributed by atoms with Crippen LogP contribution in [0.25, 0.3) is 0 Å². The Bertz CT molecular complexity index is 1050. The van der Waals surface area contributed by atoms with Gasteiger partial charge in [-0.3, -0.25) is 0 Å². The van der Waals surface area contributed by atoms with Gasteiger partial charge in [0.05, 0.1) is 50.8 Å². The molecule has 0 amide bonds. The molecule has 0 aliphatic carbocycles. The summed E-state index contributed by atoms with van der Waals surface area (Å²) in [5, 5.41) is 19.7. The Labute approximate surface area is 232 Å². The summed E-state index contributed by atoms with van der Waals surface area (Å²) in [4.78, 5) is 0. The summed E-state index contributed by atoms with van der Waals surface area (Å²) in [6, 6.07) is 30.4. The Hall–Kier alpha value is -2.58. The van der Waals surface area contributed by atoms with Crippen molar-refractivity contribution in [1.29, 1.82) is 0 Å². The van der Waals surface area contributed by atoms with Gasteiger partial charge < -0.3 is 29.2 Å². The normalized spacial score (nSPS) is 22.8. The van der Waals surface area contributed by atoms with Crippen molar-refractivity contribution in [2.24, 2.45) is 0 Å². The van der Waals surface area contributed by atoms with Gasteiger partial charge >= 0.3 is 0 Å². The molecule has 3 aromatic rings. The Morgan fingerprint density at radius 1 is 0.769 bits per heavy atom. The molecule has 6 atom stereocenters. The van der Waals surface area contributed by atoms with Crippen molar-refractivity contribution >= 4 is 0 Å². The highest BCUT2D eigenvalue weighted by atomic mass is 16.6. The van der Waals surface area contributed by atoms with Gasteiger partial charge in [-0.25, -0.2) is 0 Å². The van der Waals surface area contributed by atoms with Crippen molar-refractivity contribution in [3.05, 3.63) is 108 Å². The summed E-state index contributed by atoms with van der Waals surface area (Å²) in [6.07, 6.45) is 0.392. The molecule has 210 valence electrons. The minimum absolute atomic E-state index is 0.0612.